The highest BCUT2D eigenvalue weighted by Crippen LogP contribution is 2.30. The van der Waals surface area contributed by atoms with E-state index in [9.17, 15) is 4.79 Å². The Labute approximate surface area is 130 Å². The molecule has 1 atom stereocenters. The van der Waals surface area contributed by atoms with E-state index >= 15 is 0 Å². The molecule has 3 aromatic rings. The molecule has 0 spiro atoms. The molecule has 6 nitrogen and oxygen atoms in total. The van der Waals surface area contributed by atoms with E-state index in [1.807, 2.05) is 25.1 Å². The van der Waals surface area contributed by atoms with Crippen molar-refractivity contribution in [2.24, 2.45) is 0 Å². The number of hydrogen-bond acceptors (Lipinski definition) is 7. The largest absolute Gasteiger partial charge is 0.461 e. The van der Waals surface area contributed by atoms with Crippen molar-refractivity contribution >= 4 is 17.3 Å². The van der Waals surface area contributed by atoms with Gasteiger partial charge in [0.2, 0.25) is 5.89 Å². The molecule has 0 radical (unpaired) electrons. The summed E-state index contributed by atoms with van der Waals surface area (Å²) in [6, 6.07) is 7.31. The first-order valence-electron chi connectivity index (χ1n) is 6.70. The normalized spacial score (nSPS) is 12.3. The molecule has 0 aliphatic rings. The van der Waals surface area contributed by atoms with Crippen LogP contribution in [0.25, 0.3) is 10.6 Å². The summed E-state index contributed by atoms with van der Waals surface area (Å²) >= 11 is 1.31. The van der Waals surface area contributed by atoms with E-state index < -0.39 is 12.1 Å². The summed E-state index contributed by atoms with van der Waals surface area (Å²) < 4.78 is 16.1. The van der Waals surface area contributed by atoms with Gasteiger partial charge in [0.1, 0.15) is 16.4 Å². The third-order valence-electron chi connectivity index (χ3n) is 2.96. The quantitative estimate of drug-likeness (QED) is 0.678. The molecule has 0 saturated carbocycles. The van der Waals surface area contributed by atoms with Crippen LogP contribution in [-0.2, 0) is 4.74 Å². The van der Waals surface area contributed by atoms with Crippen molar-refractivity contribution in [2.75, 3.05) is 0 Å². The average Bonchev–Trinajstić information content (AvgIpc) is 3.18. The van der Waals surface area contributed by atoms with E-state index in [1.165, 1.54) is 11.3 Å². The summed E-state index contributed by atoms with van der Waals surface area (Å²) in [6.07, 6.45) is -0.592. The Morgan fingerprint density at radius 1 is 1.18 bits per heavy atom. The lowest BCUT2D eigenvalue weighted by atomic mass is 10.3. The van der Waals surface area contributed by atoms with E-state index in [0.717, 1.165) is 16.4 Å². The predicted octanol–water partition coefficient (Wildman–Crippen LogP) is 3.93. The first-order valence-corrected chi connectivity index (χ1v) is 7.52. The minimum absolute atomic E-state index is 0.282. The molecule has 0 aromatic carbocycles. The fourth-order valence-corrected chi connectivity index (χ4v) is 2.74. The van der Waals surface area contributed by atoms with Gasteiger partial charge >= 0.3 is 5.97 Å². The number of rotatable bonds is 4. The highest BCUT2D eigenvalue weighted by atomic mass is 32.1. The van der Waals surface area contributed by atoms with E-state index in [1.54, 1.807) is 19.9 Å². The number of nitrogens with zero attached hydrogens (tertiary/aromatic N) is 2. The van der Waals surface area contributed by atoms with Crippen LogP contribution in [0.5, 0.6) is 0 Å². The number of carbonyl (C=O) groups excluding carboxylic acids is 1. The van der Waals surface area contributed by atoms with E-state index in [2.05, 4.69) is 10.2 Å². The van der Waals surface area contributed by atoms with Crippen molar-refractivity contribution in [3.8, 4) is 10.6 Å². The summed E-state index contributed by atoms with van der Waals surface area (Å²) in [5, 5.41) is 7.56. The lowest BCUT2D eigenvalue weighted by molar-refractivity contribution is 0.0282. The second kappa shape index (κ2) is 5.76. The van der Waals surface area contributed by atoms with Crippen molar-refractivity contribution in [3.05, 3.63) is 46.7 Å². The van der Waals surface area contributed by atoms with Gasteiger partial charge in [0.25, 0.3) is 5.89 Å². The van der Waals surface area contributed by atoms with Gasteiger partial charge in [-0.3, -0.25) is 0 Å². The molecule has 3 heterocycles. The number of aromatic nitrogens is 2. The van der Waals surface area contributed by atoms with Gasteiger partial charge in [-0.1, -0.05) is 0 Å². The van der Waals surface area contributed by atoms with E-state index in [-0.39, 0.29) is 5.89 Å². The summed E-state index contributed by atoms with van der Waals surface area (Å²) in [6.45, 7) is 5.25. The minimum Gasteiger partial charge on any atom is -0.461 e. The van der Waals surface area contributed by atoms with E-state index in [4.69, 9.17) is 13.6 Å². The molecule has 0 unspecified atom stereocenters. The molecular formula is C15H14N2O4S. The zero-order valence-corrected chi connectivity index (χ0v) is 13.1. The first kappa shape index (κ1) is 14.5. The van der Waals surface area contributed by atoms with Gasteiger partial charge < -0.3 is 13.6 Å². The van der Waals surface area contributed by atoms with Crippen LogP contribution in [0.3, 0.4) is 0 Å². The number of thiophene rings is 1. The monoisotopic (exact) mass is 318 g/mol. The fourth-order valence-electron chi connectivity index (χ4n) is 1.89. The number of furan rings is 1. The maximum atomic E-state index is 12.2. The molecular weight excluding hydrogens is 304 g/mol. The summed E-state index contributed by atoms with van der Waals surface area (Å²) in [5.41, 5.74) is 0. The molecule has 7 heteroatoms. The van der Waals surface area contributed by atoms with Crippen LogP contribution in [-0.4, -0.2) is 16.2 Å². The van der Waals surface area contributed by atoms with Gasteiger partial charge in [0.05, 0.1) is 4.88 Å². The van der Waals surface area contributed by atoms with Gasteiger partial charge in [0, 0.05) is 6.92 Å². The van der Waals surface area contributed by atoms with Crippen LogP contribution < -0.4 is 0 Å². The third-order valence-corrected chi connectivity index (χ3v) is 4.04. The molecule has 0 N–H and O–H groups in total. The Balaban J connectivity index is 1.71. The molecule has 22 heavy (non-hydrogen) atoms. The zero-order chi connectivity index (χ0) is 15.7. The van der Waals surface area contributed by atoms with Gasteiger partial charge in [0.15, 0.2) is 6.10 Å². The molecule has 0 aliphatic carbocycles. The Bertz CT molecular complexity index is 802. The van der Waals surface area contributed by atoms with Crippen LogP contribution in [0.1, 0.15) is 40.2 Å². The highest BCUT2D eigenvalue weighted by Gasteiger charge is 2.20. The molecule has 0 fully saturated rings. The Morgan fingerprint density at radius 3 is 2.64 bits per heavy atom. The van der Waals surface area contributed by atoms with Gasteiger partial charge in [-0.15, -0.1) is 21.5 Å². The second-order valence-electron chi connectivity index (χ2n) is 4.78. The van der Waals surface area contributed by atoms with Gasteiger partial charge in [-0.25, -0.2) is 4.79 Å². The summed E-state index contributed by atoms with van der Waals surface area (Å²) in [4.78, 5) is 13.5. The Morgan fingerprint density at radius 2 is 2.00 bits per heavy atom. The Kier molecular flexibility index (Phi) is 3.81. The molecule has 0 aliphatic heterocycles. The van der Waals surface area contributed by atoms with Crippen LogP contribution in [0.15, 0.2) is 33.1 Å². The topological polar surface area (TPSA) is 78.4 Å². The molecule has 0 bridgehead atoms. The number of ether oxygens (including phenoxy) is 1. The van der Waals surface area contributed by atoms with E-state index in [0.29, 0.717) is 10.8 Å². The molecule has 114 valence electrons. The zero-order valence-electron chi connectivity index (χ0n) is 12.3. The predicted molar refractivity (Wildman–Crippen MR) is 79.6 cm³/mol. The SMILES string of the molecule is Cc1ccc(-c2ccc(C(=O)O[C@H](C)c3nnc(C)o3)s2)o1. The third kappa shape index (κ3) is 2.94. The standard InChI is InChI=1S/C15H14N2O4S/c1-8-4-5-11(19-8)12-6-7-13(22-12)15(18)20-9(2)14-17-16-10(3)21-14/h4-7,9H,1-3H3/t9-/m1/s1. The van der Waals surface area contributed by atoms with Crippen molar-refractivity contribution in [2.45, 2.75) is 26.9 Å². The van der Waals surface area contributed by atoms with Crippen molar-refractivity contribution in [1.82, 2.24) is 10.2 Å². The summed E-state index contributed by atoms with van der Waals surface area (Å²) in [7, 11) is 0. The lowest BCUT2D eigenvalue weighted by Crippen LogP contribution is -2.08. The number of hydrogen-bond donors (Lipinski definition) is 0. The fraction of sp³-hybridized carbons (Fsp3) is 0.267. The summed E-state index contributed by atoms with van der Waals surface area (Å²) in [5.74, 6) is 1.85. The number of esters is 1. The van der Waals surface area contributed by atoms with Crippen LogP contribution in [0.4, 0.5) is 0 Å². The lowest BCUT2D eigenvalue weighted by Gasteiger charge is -2.07. The maximum Gasteiger partial charge on any atom is 0.349 e. The van der Waals surface area contributed by atoms with Crippen molar-refractivity contribution in [1.29, 1.82) is 0 Å². The van der Waals surface area contributed by atoms with Crippen molar-refractivity contribution < 1.29 is 18.4 Å². The number of carbonyl (C=O) groups is 1. The molecule has 0 saturated heterocycles. The van der Waals surface area contributed by atoms with Crippen LogP contribution >= 0.6 is 11.3 Å². The molecule has 3 aromatic heterocycles. The van der Waals surface area contributed by atoms with Gasteiger partial charge in [-0.05, 0) is 38.1 Å². The average molecular weight is 318 g/mol. The number of aryl methyl sites for hydroxylation is 2. The second-order valence-corrected chi connectivity index (χ2v) is 5.86. The first-order chi connectivity index (χ1) is 10.5. The van der Waals surface area contributed by atoms with Crippen molar-refractivity contribution in [3.63, 3.8) is 0 Å². The minimum atomic E-state index is -0.592. The molecule has 3 rings (SSSR count). The smallest absolute Gasteiger partial charge is 0.349 e. The Hall–Kier alpha value is -2.41. The van der Waals surface area contributed by atoms with Gasteiger partial charge in [-0.2, -0.15) is 0 Å². The highest BCUT2D eigenvalue weighted by molar-refractivity contribution is 7.17. The van der Waals surface area contributed by atoms with Crippen LogP contribution in [0, 0.1) is 13.8 Å². The molecule has 0 amide bonds. The maximum absolute atomic E-state index is 12.2. The van der Waals surface area contributed by atoms with Crippen LogP contribution in [0.2, 0.25) is 0 Å².